The predicted octanol–water partition coefficient (Wildman–Crippen LogP) is 3.59. The van der Waals surface area contributed by atoms with Crippen LogP contribution < -0.4 is 0 Å². The van der Waals surface area contributed by atoms with Crippen LogP contribution in [0.1, 0.15) is 19.4 Å². The number of aromatic nitrogens is 1. The molecule has 0 bridgehead atoms. The van der Waals surface area contributed by atoms with E-state index >= 15 is 0 Å². The number of ether oxygens (including phenoxy) is 1. The summed E-state index contributed by atoms with van der Waals surface area (Å²) in [6.07, 6.45) is 0. The van der Waals surface area contributed by atoms with E-state index in [-0.39, 0.29) is 11.2 Å². The van der Waals surface area contributed by atoms with Gasteiger partial charge in [-0.25, -0.2) is 4.98 Å². The van der Waals surface area contributed by atoms with Crippen molar-refractivity contribution in [2.45, 2.75) is 31.0 Å². The molecule has 0 saturated carbocycles. The smallest absolute Gasteiger partial charge is 0.319 e. The van der Waals surface area contributed by atoms with E-state index in [2.05, 4.69) is 18.0 Å². The molecule has 100 valence electrons. The van der Waals surface area contributed by atoms with Gasteiger partial charge in [0.25, 0.3) is 0 Å². The number of rotatable bonds is 4. The Hall–Kier alpha value is -1.55. The molecule has 0 spiro atoms. The van der Waals surface area contributed by atoms with Crippen LogP contribution in [0.25, 0.3) is 10.9 Å². The fourth-order valence-corrected chi connectivity index (χ4v) is 2.79. The highest BCUT2D eigenvalue weighted by molar-refractivity contribution is 8.00. The molecule has 0 fully saturated rings. The summed E-state index contributed by atoms with van der Waals surface area (Å²) >= 11 is 1.43. The van der Waals surface area contributed by atoms with Crippen LogP contribution in [-0.4, -0.2) is 22.8 Å². The highest BCUT2D eigenvalue weighted by Crippen LogP contribution is 2.26. The molecule has 0 N–H and O–H groups in total. The summed E-state index contributed by atoms with van der Waals surface area (Å²) in [7, 11) is 0. The standard InChI is InChI=1S/C15H17NO2S/c1-4-18-15(17)11(3)19-14-9-10(2)12-7-5-6-8-13(12)16-14/h5-9,11H,4H2,1-3H3. The molecule has 19 heavy (non-hydrogen) atoms. The Bertz CT molecular complexity index is 598. The number of pyridine rings is 1. The maximum Gasteiger partial charge on any atom is 0.319 e. The number of thioether (sulfide) groups is 1. The van der Waals surface area contributed by atoms with Gasteiger partial charge in [0.2, 0.25) is 0 Å². The number of benzene rings is 1. The van der Waals surface area contributed by atoms with Crippen molar-refractivity contribution in [1.82, 2.24) is 4.98 Å². The van der Waals surface area contributed by atoms with Crippen molar-refractivity contribution in [3.05, 3.63) is 35.9 Å². The van der Waals surface area contributed by atoms with E-state index in [0.29, 0.717) is 6.61 Å². The second-order valence-corrected chi connectivity index (χ2v) is 5.67. The van der Waals surface area contributed by atoms with Crippen LogP contribution in [0.5, 0.6) is 0 Å². The van der Waals surface area contributed by atoms with Gasteiger partial charge in [0.1, 0.15) is 5.25 Å². The van der Waals surface area contributed by atoms with Crippen molar-refractivity contribution < 1.29 is 9.53 Å². The maximum atomic E-state index is 11.6. The highest BCUT2D eigenvalue weighted by Gasteiger charge is 2.16. The molecule has 0 aliphatic heterocycles. The van der Waals surface area contributed by atoms with Gasteiger partial charge in [-0.1, -0.05) is 30.0 Å². The molecule has 1 aromatic heterocycles. The normalized spacial score (nSPS) is 12.4. The summed E-state index contributed by atoms with van der Waals surface area (Å²) in [5.41, 5.74) is 2.13. The summed E-state index contributed by atoms with van der Waals surface area (Å²) in [6.45, 7) is 6.12. The van der Waals surface area contributed by atoms with Crippen LogP contribution in [0.3, 0.4) is 0 Å². The number of nitrogens with zero attached hydrogens (tertiary/aromatic N) is 1. The third-order valence-electron chi connectivity index (χ3n) is 2.82. The van der Waals surface area contributed by atoms with Crippen LogP contribution in [-0.2, 0) is 9.53 Å². The van der Waals surface area contributed by atoms with E-state index < -0.39 is 0 Å². The Morgan fingerprint density at radius 2 is 2.16 bits per heavy atom. The second-order valence-electron chi connectivity index (χ2n) is 4.31. The monoisotopic (exact) mass is 275 g/mol. The highest BCUT2D eigenvalue weighted by atomic mass is 32.2. The molecule has 0 aliphatic carbocycles. The van der Waals surface area contributed by atoms with E-state index in [4.69, 9.17) is 4.74 Å². The summed E-state index contributed by atoms with van der Waals surface area (Å²) in [6, 6.07) is 10.0. The third kappa shape index (κ3) is 3.26. The topological polar surface area (TPSA) is 39.2 Å². The third-order valence-corrected chi connectivity index (χ3v) is 3.81. The molecule has 1 atom stereocenters. The van der Waals surface area contributed by atoms with Gasteiger partial charge in [0.15, 0.2) is 0 Å². The minimum absolute atomic E-state index is 0.194. The van der Waals surface area contributed by atoms with Gasteiger partial charge in [-0.15, -0.1) is 0 Å². The van der Waals surface area contributed by atoms with Crippen LogP contribution in [0.15, 0.2) is 35.4 Å². The molecule has 0 amide bonds. The summed E-state index contributed by atoms with van der Waals surface area (Å²) in [5.74, 6) is -0.194. The Morgan fingerprint density at radius 1 is 1.42 bits per heavy atom. The number of aryl methyl sites for hydroxylation is 1. The molecule has 4 heteroatoms. The van der Waals surface area contributed by atoms with Crippen molar-refractivity contribution >= 4 is 28.6 Å². The summed E-state index contributed by atoms with van der Waals surface area (Å²) < 4.78 is 5.01. The Morgan fingerprint density at radius 3 is 2.89 bits per heavy atom. The van der Waals surface area contributed by atoms with E-state index in [0.717, 1.165) is 15.9 Å². The lowest BCUT2D eigenvalue weighted by atomic mass is 10.1. The van der Waals surface area contributed by atoms with E-state index in [1.165, 1.54) is 17.3 Å². The van der Waals surface area contributed by atoms with Gasteiger partial charge in [0, 0.05) is 5.39 Å². The summed E-state index contributed by atoms with van der Waals surface area (Å²) in [4.78, 5) is 16.2. The summed E-state index contributed by atoms with van der Waals surface area (Å²) in [5, 5.41) is 1.76. The number of hydrogen-bond donors (Lipinski definition) is 0. The van der Waals surface area contributed by atoms with E-state index in [9.17, 15) is 4.79 Å². The predicted molar refractivity (Wildman–Crippen MR) is 78.4 cm³/mol. The molecule has 2 rings (SSSR count). The van der Waals surface area contributed by atoms with Gasteiger partial charge in [-0.05, 0) is 38.5 Å². The molecule has 3 nitrogen and oxygen atoms in total. The number of para-hydroxylation sites is 1. The van der Waals surface area contributed by atoms with Crippen LogP contribution in [0, 0.1) is 6.92 Å². The Balaban J connectivity index is 2.24. The second kappa shape index (κ2) is 6.06. The molecular formula is C15H17NO2S. The van der Waals surface area contributed by atoms with Gasteiger partial charge < -0.3 is 4.74 Å². The lowest BCUT2D eigenvalue weighted by molar-refractivity contribution is -0.142. The first kappa shape index (κ1) is 13.9. The van der Waals surface area contributed by atoms with Crippen LogP contribution in [0.4, 0.5) is 0 Å². The van der Waals surface area contributed by atoms with Crippen molar-refractivity contribution in [2.75, 3.05) is 6.61 Å². The minimum atomic E-state index is -0.243. The van der Waals surface area contributed by atoms with E-state index in [1.807, 2.05) is 38.1 Å². The fraction of sp³-hybridized carbons (Fsp3) is 0.333. The zero-order chi connectivity index (χ0) is 13.8. The first-order valence-corrected chi connectivity index (χ1v) is 7.19. The largest absolute Gasteiger partial charge is 0.465 e. The Labute approximate surface area is 117 Å². The SMILES string of the molecule is CCOC(=O)C(C)Sc1cc(C)c2ccccc2n1. The van der Waals surface area contributed by atoms with Crippen molar-refractivity contribution in [2.24, 2.45) is 0 Å². The van der Waals surface area contributed by atoms with Crippen LogP contribution >= 0.6 is 11.8 Å². The zero-order valence-electron chi connectivity index (χ0n) is 11.3. The molecule has 0 aliphatic rings. The average Bonchev–Trinajstić information content (AvgIpc) is 2.39. The first-order valence-electron chi connectivity index (χ1n) is 6.31. The van der Waals surface area contributed by atoms with Gasteiger partial charge >= 0.3 is 5.97 Å². The fourth-order valence-electron chi connectivity index (χ4n) is 1.87. The lowest BCUT2D eigenvalue weighted by Crippen LogP contribution is -2.16. The van der Waals surface area contributed by atoms with Crippen molar-refractivity contribution in [3.8, 4) is 0 Å². The minimum Gasteiger partial charge on any atom is -0.465 e. The molecule has 2 aromatic rings. The number of carbonyl (C=O) groups is 1. The van der Waals surface area contributed by atoms with Gasteiger partial charge in [-0.2, -0.15) is 0 Å². The maximum absolute atomic E-state index is 11.6. The molecule has 0 saturated heterocycles. The quantitative estimate of drug-likeness (QED) is 0.631. The molecular weight excluding hydrogens is 258 g/mol. The zero-order valence-corrected chi connectivity index (χ0v) is 12.2. The van der Waals surface area contributed by atoms with Gasteiger partial charge in [-0.3, -0.25) is 4.79 Å². The number of hydrogen-bond acceptors (Lipinski definition) is 4. The van der Waals surface area contributed by atoms with Gasteiger partial charge in [0.05, 0.1) is 17.1 Å². The van der Waals surface area contributed by atoms with Crippen molar-refractivity contribution in [3.63, 3.8) is 0 Å². The molecule has 1 aromatic carbocycles. The Kier molecular flexibility index (Phi) is 4.43. The van der Waals surface area contributed by atoms with Crippen LogP contribution in [0.2, 0.25) is 0 Å². The molecule has 0 radical (unpaired) electrons. The molecule has 1 heterocycles. The first-order chi connectivity index (χ1) is 9.11. The van der Waals surface area contributed by atoms with E-state index in [1.54, 1.807) is 0 Å². The number of fused-ring (bicyclic) bond motifs is 1. The van der Waals surface area contributed by atoms with Crippen molar-refractivity contribution in [1.29, 1.82) is 0 Å². The number of carbonyl (C=O) groups excluding carboxylic acids is 1. The number of esters is 1. The lowest BCUT2D eigenvalue weighted by Gasteiger charge is -2.11. The molecule has 1 unspecified atom stereocenters. The average molecular weight is 275 g/mol.